The summed E-state index contributed by atoms with van der Waals surface area (Å²) in [4.78, 5) is 21.4. The molecule has 2 N–H and O–H groups in total. The maximum atomic E-state index is 14.0. The van der Waals surface area contributed by atoms with E-state index in [1.807, 2.05) is 0 Å². The molecule has 0 aliphatic rings. The van der Waals surface area contributed by atoms with Gasteiger partial charge in [0.05, 0.1) is 27.1 Å². The summed E-state index contributed by atoms with van der Waals surface area (Å²) in [5, 5.41) is 10.3. The quantitative estimate of drug-likeness (QED) is 0.287. The number of likely N-dealkylation sites (N-methyl/N-ethyl adjacent to an activating group) is 1. The molecule has 0 aliphatic carbocycles. The fraction of sp³-hybridized carbons (Fsp3) is 0.857. The Morgan fingerprint density at radius 1 is 0.844 bits per heavy atom. The molecule has 0 bridgehead atoms. The first-order chi connectivity index (χ1) is 13.9. The minimum Gasteiger partial charge on any atom is -0.481 e. The number of aliphatic carboxylic acids is 2. The lowest BCUT2D eigenvalue weighted by Crippen LogP contribution is -2.65. The van der Waals surface area contributed by atoms with Crippen LogP contribution in [-0.2, 0) is 19.6 Å². The molecule has 0 aliphatic heterocycles. The highest BCUT2D eigenvalue weighted by molar-refractivity contribution is 7.90. The Hall–Kier alpha value is -1.82. The van der Waals surface area contributed by atoms with Gasteiger partial charge in [-0.25, -0.2) is 13.2 Å². The number of carboxylic acids is 2. The van der Waals surface area contributed by atoms with Crippen molar-refractivity contribution in [1.29, 1.82) is 0 Å². The highest BCUT2D eigenvalue weighted by Crippen LogP contribution is 2.55. The zero-order chi connectivity index (χ0) is 26.0. The predicted molar refractivity (Wildman–Crippen MR) is 87.7 cm³/mol. The Kier molecular flexibility index (Phi) is 9.04. The largest absolute Gasteiger partial charge is 0.481 e. The molecule has 0 amide bonds. The Bertz CT molecular complexity index is 799. The zero-order valence-electron chi connectivity index (χ0n) is 16.5. The van der Waals surface area contributed by atoms with Gasteiger partial charge < -0.3 is 14.7 Å². The average molecular weight is 515 g/mol. The number of rotatable bonds is 13. The van der Waals surface area contributed by atoms with Crippen LogP contribution in [0, 0.1) is 0 Å². The molecule has 0 spiro atoms. The zero-order valence-corrected chi connectivity index (χ0v) is 17.3. The van der Waals surface area contributed by atoms with E-state index in [1.165, 1.54) is 14.1 Å². The Labute approximate surface area is 175 Å². The maximum Gasteiger partial charge on any atom is 0.460 e. The summed E-state index contributed by atoms with van der Waals surface area (Å²) in [6, 6.07) is 0. The number of carbonyl (C=O) groups is 2. The Morgan fingerprint density at radius 2 is 1.31 bits per heavy atom. The number of nitrogens with zero attached hydrogens (tertiary/aromatic N) is 2. The van der Waals surface area contributed by atoms with E-state index in [4.69, 9.17) is 10.2 Å². The van der Waals surface area contributed by atoms with Gasteiger partial charge in [0.2, 0.25) is 0 Å². The number of carboxylic acid groups (broad SMARTS) is 2. The fourth-order valence-corrected chi connectivity index (χ4v) is 3.86. The molecule has 0 radical (unpaired) electrons. The number of halogens is 9. The second kappa shape index (κ2) is 9.58. The van der Waals surface area contributed by atoms with Crippen molar-refractivity contribution in [3.05, 3.63) is 0 Å². The SMILES string of the molecule is C[N+](C)(CCCN(CCC(=O)O)S(=O)(=O)C(F)(F)C(F)(F)C(F)(F)C(F)(F)F)CC(=O)O. The first-order valence-electron chi connectivity index (χ1n) is 8.39. The van der Waals surface area contributed by atoms with E-state index in [9.17, 15) is 57.5 Å². The summed E-state index contributed by atoms with van der Waals surface area (Å²) in [5.41, 5.74) is 0. The summed E-state index contributed by atoms with van der Waals surface area (Å²) in [6.45, 7) is -3.51. The number of hydrogen-bond acceptors (Lipinski definition) is 4. The van der Waals surface area contributed by atoms with Gasteiger partial charge in [0.25, 0.3) is 10.0 Å². The number of quaternary nitrogens is 1. The normalized spacial score (nSPS) is 14.6. The van der Waals surface area contributed by atoms with Crippen molar-refractivity contribution < 1.29 is 72.2 Å². The van der Waals surface area contributed by atoms with Crippen LogP contribution in [0.2, 0.25) is 0 Å². The molecule has 32 heavy (non-hydrogen) atoms. The molecule has 190 valence electrons. The van der Waals surface area contributed by atoms with Gasteiger partial charge in [0, 0.05) is 19.5 Å². The van der Waals surface area contributed by atoms with E-state index in [2.05, 4.69) is 0 Å². The summed E-state index contributed by atoms with van der Waals surface area (Å²) in [5.74, 6) is -18.0. The van der Waals surface area contributed by atoms with Crippen LogP contribution in [0.4, 0.5) is 39.5 Å². The minimum atomic E-state index is -7.45. The van der Waals surface area contributed by atoms with Crippen LogP contribution in [0.25, 0.3) is 0 Å². The van der Waals surface area contributed by atoms with Gasteiger partial charge in [-0.15, -0.1) is 0 Å². The van der Waals surface area contributed by atoms with Crippen molar-refractivity contribution >= 4 is 22.0 Å². The van der Waals surface area contributed by atoms with Crippen molar-refractivity contribution in [1.82, 2.24) is 4.31 Å². The first kappa shape index (κ1) is 30.2. The van der Waals surface area contributed by atoms with Crippen LogP contribution in [-0.4, -0.2) is 103 Å². The van der Waals surface area contributed by atoms with E-state index >= 15 is 0 Å². The van der Waals surface area contributed by atoms with Crippen molar-refractivity contribution in [3.63, 3.8) is 0 Å². The van der Waals surface area contributed by atoms with E-state index < -0.39 is 82.0 Å². The van der Waals surface area contributed by atoms with Crippen molar-refractivity contribution in [2.45, 2.75) is 36.1 Å². The molecule has 18 heteroatoms. The summed E-state index contributed by atoms with van der Waals surface area (Å²) in [7, 11) is -4.38. The second-order valence-electron chi connectivity index (χ2n) is 7.28. The topological polar surface area (TPSA) is 112 Å². The summed E-state index contributed by atoms with van der Waals surface area (Å²) >= 11 is 0. The monoisotopic (exact) mass is 515 g/mol. The molecule has 0 saturated carbocycles. The van der Waals surface area contributed by atoms with Gasteiger partial charge in [-0.3, -0.25) is 4.79 Å². The van der Waals surface area contributed by atoms with Gasteiger partial charge in [-0.2, -0.15) is 43.8 Å². The molecular formula is C14H20F9N2O6S+. The summed E-state index contributed by atoms with van der Waals surface area (Å²) in [6.07, 6.45) is -9.07. The molecule has 0 aromatic carbocycles. The molecule has 8 nitrogen and oxygen atoms in total. The molecular weight excluding hydrogens is 495 g/mol. The van der Waals surface area contributed by atoms with Crippen LogP contribution in [0.3, 0.4) is 0 Å². The maximum absolute atomic E-state index is 14.0. The third-order valence-corrected chi connectivity index (χ3v) is 6.04. The van der Waals surface area contributed by atoms with E-state index in [1.54, 1.807) is 0 Å². The van der Waals surface area contributed by atoms with Gasteiger partial charge in [0.1, 0.15) is 0 Å². The van der Waals surface area contributed by atoms with Gasteiger partial charge in [-0.1, -0.05) is 0 Å². The molecule has 0 saturated heterocycles. The minimum absolute atomic E-state index is 0.300. The molecule has 0 atom stereocenters. The van der Waals surface area contributed by atoms with Gasteiger partial charge in [0.15, 0.2) is 6.54 Å². The van der Waals surface area contributed by atoms with Crippen LogP contribution in [0.5, 0.6) is 0 Å². The first-order valence-corrected chi connectivity index (χ1v) is 9.83. The smallest absolute Gasteiger partial charge is 0.460 e. The Balaban J connectivity index is 6.05. The van der Waals surface area contributed by atoms with Crippen LogP contribution in [0.1, 0.15) is 12.8 Å². The molecule has 0 heterocycles. The van der Waals surface area contributed by atoms with Gasteiger partial charge >= 0.3 is 35.2 Å². The molecule has 0 aromatic heterocycles. The second-order valence-corrected chi connectivity index (χ2v) is 9.26. The number of hydrogen-bond donors (Lipinski definition) is 2. The molecule has 0 fully saturated rings. The van der Waals surface area contributed by atoms with Crippen LogP contribution >= 0.6 is 0 Å². The van der Waals surface area contributed by atoms with Crippen LogP contribution < -0.4 is 0 Å². The lowest BCUT2D eigenvalue weighted by atomic mass is 10.1. The lowest BCUT2D eigenvalue weighted by molar-refractivity contribution is -0.883. The summed E-state index contributed by atoms with van der Waals surface area (Å²) < 4.78 is 141. The highest BCUT2D eigenvalue weighted by Gasteiger charge is 2.85. The average Bonchev–Trinajstić information content (AvgIpc) is 2.54. The third kappa shape index (κ3) is 6.37. The van der Waals surface area contributed by atoms with Gasteiger partial charge in [-0.05, 0) is 0 Å². The lowest BCUT2D eigenvalue weighted by Gasteiger charge is -2.36. The van der Waals surface area contributed by atoms with Crippen molar-refractivity contribution in [2.24, 2.45) is 0 Å². The molecule has 0 aromatic rings. The van der Waals surface area contributed by atoms with Crippen molar-refractivity contribution in [2.75, 3.05) is 40.3 Å². The number of sulfonamides is 1. The third-order valence-electron chi connectivity index (χ3n) is 4.09. The van der Waals surface area contributed by atoms with Crippen LogP contribution in [0.15, 0.2) is 0 Å². The van der Waals surface area contributed by atoms with E-state index in [0.717, 1.165) is 0 Å². The van der Waals surface area contributed by atoms with Crippen molar-refractivity contribution in [3.8, 4) is 0 Å². The van der Waals surface area contributed by atoms with E-state index in [-0.39, 0.29) is 11.0 Å². The Morgan fingerprint density at radius 3 is 1.69 bits per heavy atom. The van der Waals surface area contributed by atoms with E-state index in [0.29, 0.717) is 0 Å². The molecule has 0 rings (SSSR count). The fourth-order valence-electron chi connectivity index (χ4n) is 2.38. The number of alkyl halides is 9. The highest BCUT2D eigenvalue weighted by atomic mass is 32.2. The standard InChI is InChI=1S/C14H19F9N2O6S/c1-25(2,8-10(28)29)7-3-5-24(6-4-9(26)27)32(30,31)14(22,23)12(17,18)11(15,16)13(19,20)21/h3-8H2,1-2H3,(H-,26,27,28,29)/p+1. The molecule has 0 unspecified atom stereocenters. The predicted octanol–water partition coefficient (Wildman–Crippen LogP) is 2.07.